The second kappa shape index (κ2) is 5.69. The number of likely N-dealkylation sites (tertiary alicyclic amines) is 1. The Labute approximate surface area is 121 Å². The Kier molecular flexibility index (Phi) is 4.34. The number of benzene rings is 1. The molecule has 0 bridgehead atoms. The predicted octanol–water partition coefficient (Wildman–Crippen LogP) is 2.63. The van der Waals surface area contributed by atoms with E-state index in [1.165, 1.54) is 6.07 Å². The van der Waals surface area contributed by atoms with Crippen LogP contribution in [0.2, 0.25) is 0 Å². The van der Waals surface area contributed by atoms with Crippen LogP contribution in [-0.4, -0.2) is 32.3 Å². The van der Waals surface area contributed by atoms with Crippen molar-refractivity contribution in [2.45, 2.75) is 24.7 Å². The smallest absolute Gasteiger partial charge is 0.261 e. The largest absolute Gasteiger partial charge is 0.338 e. The molecule has 0 aliphatic carbocycles. The van der Waals surface area contributed by atoms with Gasteiger partial charge in [0.25, 0.3) is 15.0 Å². The fraction of sp³-hybridized carbons (Fsp3) is 0.462. The Bertz CT molecular complexity index is 633. The van der Waals surface area contributed by atoms with Crippen LogP contribution in [0.1, 0.15) is 30.1 Å². The van der Waals surface area contributed by atoms with Gasteiger partial charge in [-0.05, 0) is 30.5 Å². The van der Waals surface area contributed by atoms with Crippen LogP contribution in [0.4, 0.5) is 4.39 Å². The molecular weight excluding hydrogens is 305 g/mol. The molecule has 0 N–H and O–H groups in total. The number of hydrogen-bond donors (Lipinski definition) is 0. The molecule has 1 aliphatic rings. The van der Waals surface area contributed by atoms with E-state index in [9.17, 15) is 17.6 Å². The predicted molar refractivity (Wildman–Crippen MR) is 73.7 cm³/mol. The highest BCUT2D eigenvalue weighted by molar-refractivity contribution is 8.13. The van der Waals surface area contributed by atoms with Crippen LogP contribution >= 0.6 is 10.7 Å². The maximum absolute atomic E-state index is 13.9. The lowest BCUT2D eigenvalue weighted by atomic mass is 10.1. The highest BCUT2D eigenvalue weighted by atomic mass is 35.7. The molecule has 0 spiro atoms. The van der Waals surface area contributed by atoms with E-state index >= 15 is 0 Å². The summed E-state index contributed by atoms with van der Waals surface area (Å²) < 4.78 is 36.1. The molecule has 4 nitrogen and oxygen atoms in total. The van der Waals surface area contributed by atoms with E-state index in [0.29, 0.717) is 19.0 Å². The number of nitrogens with zero attached hydrogens (tertiary/aromatic N) is 1. The summed E-state index contributed by atoms with van der Waals surface area (Å²) >= 11 is 0. The van der Waals surface area contributed by atoms with Gasteiger partial charge in [-0.3, -0.25) is 4.79 Å². The van der Waals surface area contributed by atoms with E-state index in [1.807, 2.05) is 0 Å². The van der Waals surface area contributed by atoms with Gasteiger partial charge in [0.15, 0.2) is 0 Å². The molecule has 1 aromatic carbocycles. The molecule has 1 amide bonds. The molecule has 2 rings (SSSR count). The zero-order valence-electron chi connectivity index (χ0n) is 11.0. The maximum atomic E-state index is 13.9. The lowest BCUT2D eigenvalue weighted by Gasteiger charge is -2.16. The van der Waals surface area contributed by atoms with Gasteiger partial charge in [0.2, 0.25) is 0 Å². The molecule has 1 heterocycles. The van der Waals surface area contributed by atoms with Crippen LogP contribution in [-0.2, 0) is 9.05 Å². The minimum absolute atomic E-state index is 0.120. The number of rotatable bonds is 3. The van der Waals surface area contributed by atoms with Gasteiger partial charge >= 0.3 is 0 Å². The Morgan fingerprint density at radius 3 is 2.70 bits per heavy atom. The number of carbonyl (C=O) groups excluding carboxylic acids is 1. The van der Waals surface area contributed by atoms with E-state index in [2.05, 4.69) is 6.92 Å². The van der Waals surface area contributed by atoms with Crippen molar-refractivity contribution in [2.75, 3.05) is 13.1 Å². The lowest BCUT2D eigenvalue weighted by Crippen LogP contribution is -2.29. The van der Waals surface area contributed by atoms with E-state index < -0.39 is 20.8 Å². The fourth-order valence-electron chi connectivity index (χ4n) is 2.34. The first-order chi connectivity index (χ1) is 9.32. The quantitative estimate of drug-likeness (QED) is 0.805. The Hall–Kier alpha value is -1.14. The van der Waals surface area contributed by atoms with E-state index in [0.717, 1.165) is 25.0 Å². The topological polar surface area (TPSA) is 54.5 Å². The zero-order chi connectivity index (χ0) is 14.9. The number of halogens is 2. The Morgan fingerprint density at radius 2 is 2.20 bits per heavy atom. The Morgan fingerprint density at radius 1 is 1.50 bits per heavy atom. The van der Waals surface area contributed by atoms with Crippen molar-refractivity contribution < 1.29 is 17.6 Å². The van der Waals surface area contributed by atoms with Gasteiger partial charge < -0.3 is 4.90 Å². The second-order valence-electron chi connectivity index (χ2n) is 4.89. The summed E-state index contributed by atoms with van der Waals surface area (Å²) in [6, 6.07) is 3.10. The molecule has 1 aromatic rings. The normalized spacial score (nSPS) is 19.4. The zero-order valence-corrected chi connectivity index (χ0v) is 12.5. The molecule has 20 heavy (non-hydrogen) atoms. The summed E-state index contributed by atoms with van der Waals surface area (Å²) in [5, 5.41) is 0. The fourth-order valence-corrected chi connectivity index (χ4v) is 3.10. The van der Waals surface area contributed by atoms with Gasteiger partial charge in [-0.25, -0.2) is 12.8 Å². The van der Waals surface area contributed by atoms with Gasteiger partial charge in [-0.15, -0.1) is 0 Å². The van der Waals surface area contributed by atoms with Crippen LogP contribution in [0.5, 0.6) is 0 Å². The summed E-state index contributed by atoms with van der Waals surface area (Å²) in [5.41, 5.74) is -0.120. The molecule has 0 radical (unpaired) electrons. The first-order valence-electron chi connectivity index (χ1n) is 6.36. The highest BCUT2D eigenvalue weighted by Gasteiger charge is 2.27. The van der Waals surface area contributed by atoms with Gasteiger partial charge in [0.1, 0.15) is 5.82 Å². The standard InChI is InChI=1S/C13H15ClFNO3S/c1-2-9-5-6-16(8-9)13(17)11-4-3-10(7-12(11)15)20(14,18)19/h3-4,7,9H,2,5-6,8H2,1H3. The summed E-state index contributed by atoms with van der Waals surface area (Å²) in [6.45, 7) is 3.27. The Balaban J connectivity index is 2.24. The number of amides is 1. The molecule has 0 aromatic heterocycles. The highest BCUT2D eigenvalue weighted by Crippen LogP contribution is 2.24. The first-order valence-corrected chi connectivity index (χ1v) is 8.67. The van der Waals surface area contributed by atoms with Crippen molar-refractivity contribution in [3.05, 3.63) is 29.6 Å². The van der Waals surface area contributed by atoms with Crippen LogP contribution in [0.3, 0.4) is 0 Å². The second-order valence-corrected chi connectivity index (χ2v) is 7.46. The third-order valence-electron chi connectivity index (χ3n) is 3.60. The van der Waals surface area contributed by atoms with Gasteiger partial charge in [0.05, 0.1) is 10.5 Å². The average molecular weight is 320 g/mol. The van der Waals surface area contributed by atoms with Crippen molar-refractivity contribution in [1.29, 1.82) is 0 Å². The average Bonchev–Trinajstić information content (AvgIpc) is 2.85. The molecule has 110 valence electrons. The third-order valence-corrected chi connectivity index (χ3v) is 4.95. The molecular formula is C13H15ClFNO3S. The molecule has 0 saturated carbocycles. The van der Waals surface area contributed by atoms with Crippen molar-refractivity contribution in [1.82, 2.24) is 4.90 Å². The van der Waals surface area contributed by atoms with E-state index in [-0.39, 0.29) is 10.5 Å². The third kappa shape index (κ3) is 3.12. The van der Waals surface area contributed by atoms with Gasteiger partial charge in [0, 0.05) is 23.8 Å². The van der Waals surface area contributed by atoms with Crippen molar-refractivity contribution >= 4 is 25.6 Å². The summed E-state index contributed by atoms with van der Waals surface area (Å²) in [6.07, 6.45) is 1.90. The van der Waals surface area contributed by atoms with Crippen LogP contribution in [0, 0.1) is 11.7 Å². The van der Waals surface area contributed by atoms with Crippen LogP contribution in [0.15, 0.2) is 23.1 Å². The minimum atomic E-state index is -3.99. The SMILES string of the molecule is CCC1CCN(C(=O)c2ccc(S(=O)(=O)Cl)cc2F)C1. The van der Waals surface area contributed by atoms with Crippen molar-refractivity contribution in [3.63, 3.8) is 0 Å². The van der Waals surface area contributed by atoms with Crippen LogP contribution < -0.4 is 0 Å². The van der Waals surface area contributed by atoms with Gasteiger partial charge in [-0.1, -0.05) is 13.3 Å². The van der Waals surface area contributed by atoms with E-state index in [1.54, 1.807) is 4.90 Å². The first kappa shape index (κ1) is 15.3. The minimum Gasteiger partial charge on any atom is -0.338 e. The number of carbonyl (C=O) groups is 1. The monoisotopic (exact) mass is 319 g/mol. The summed E-state index contributed by atoms with van der Waals surface area (Å²) in [4.78, 5) is 13.4. The molecule has 7 heteroatoms. The number of hydrogen-bond acceptors (Lipinski definition) is 3. The molecule has 1 fully saturated rings. The van der Waals surface area contributed by atoms with Crippen molar-refractivity contribution in [2.24, 2.45) is 5.92 Å². The van der Waals surface area contributed by atoms with Gasteiger partial charge in [-0.2, -0.15) is 0 Å². The van der Waals surface area contributed by atoms with Crippen molar-refractivity contribution in [3.8, 4) is 0 Å². The summed E-state index contributed by atoms with van der Waals surface area (Å²) in [5.74, 6) is -0.821. The lowest BCUT2D eigenvalue weighted by molar-refractivity contribution is 0.0782. The molecule has 1 aliphatic heterocycles. The molecule has 1 saturated heterocycles. The molecule has 1 atom stereocenters. The van der Waals surface area contributed by atoms with E-state index in [4.69, 9.17) is 10.7 Å². The van der Waals surface area contributed by atoms with Crippen LogP contribution in [0.25, 0.3) is 0 Å². The molecule has 1 unspecified atom stereocenters. The summed E-state index contributed by atoms with van der Waals surface area (Å²) in [7, 11) is 1.15. The maximum Gasteiger partial charge on any atom is 0.261 e.